The number of thiazole rings is 1. The molecule has 186 valence electrons. The first kappa shape index (κ1) is 24.7. The van der Waals surface area contributed by atoms with Crippen LogP contribution in [0.3, 0.4) is 0 Å². The number of urea groups is 1. The molecule has 4 amide bonds. The number of carbonyl (C=O) groups excluding carboxylic acids is 4. The van der Waals surface area contributed by atoms with E-state index >= 15 is 0 Å². The second-order valence-electron chi connectivity index (χ2n) is 7.54. The van der Waals surface area contributed by atoms with Gasteiger partial charge in [0.05, 0.1) is 12.5 Å². The van der Waals surface area contributed by atoms with Gasteiger partial charge in [-0.25, -0.2) is 23.3 Å². The molecule has 13 heteroatoms. The van der Waals surface area contributed by atoms with E-state index in [1.807, 2.05) is 0 Å². The third kappa shape index (κ3) is 5.46. The van der Waals surface area contributed by atoms with Crippen molar-refractivity contribution in [1.82, 2.24) is 15.2 Å². The normalized spacial score (nSPS) is 15.9. The zero-order valence-electron chi connectivity index (χ0n) is 18.6. The number of anilines is 1. The van der Waals surface area contributed by atoms with E-state index in [4.69, 9.17) is 4.74 Å². The minimum atomic E-state index is -1.38. The van der Waals surface area contributed by atoms with Gasteiger partial charge in [-0.15, -0.1) is 11.3 Å². The van der Waals surface area contributed by atoms with Crippen molar-refractivity contribution in [3.8, 4) is 5.88 Å². The Morgan fingerprint density at radius 3 is 2.53 bits per heavy atom. The van der Waals surface area contributed by atoms with Crippen LogP contribution < -0.4 is 15.4 Å². The number of methoxy groups -OCH3 is 1. The second-order valence-corrected chi connectivity index (χ2v) is 8.39. The van der Waals surface area contributed by atoms with E-state index in [9.17, 15) is 28.0 Å². The molecule has 0 radical (unpaired) electrons. The quantitative estimate of drug-likeness (QED) is 0.364. The van der Waals surface area contributed by atoms with Gasteiger partial charge in [0.2, 0.25) is 11.8 Å². The maximum Gasteiger partial charge on any atom is 0.514 e. The summed E-state index contributed by atoms with van der Waals surface area (Å²) >= 11 is 0.936. The molecule has 2 N–H and O–H groups in total. The highest BCUT2D eigenvalue weighted by molar-refractivity contribution is 7.14. The lowest BCUT2D eigenvalue weighted by Gasteiger charge is -2.24. The van der Waals surface area contributed by atoms with Crippen LogP contribution in [-0.4, -0.2) is 47.0 Å². The highest BCUT2D eigenvalue weighted by Crippen LogP contribution is 2.28. The van der Waals surface area contributed by atoms with Crippen LogP contribution in [0.15, 0.2) is 53.9 Å². The van der Waals surface area contributed by atoms with Crippen molar-refractivity contribution in [2.75, 3.05) is 12.4 Å². The van der Waals surface area contributed by atoms with Gasteiger partial charge >= 0.3 is 12.2 Å². The predicted molar refractivity (Wildman–Crippen MR) is 122 cm³/mol. The van der Waals surface area contributed by atoms with E-state index < -0.39 is 47.7 Å². The van der Waals surface area contributed by atoms with E-state index in [1.54, 1.807) is 30.3 Å². The molecule has 1 fully saturated rings. The Morgan fingerprint density at radius 1 is 1.17 bits per heavy atom. The highest BCUT2D eigenvalue weighted by atomic mass is 32.1. The third-order valence-corrected chi connectivity index (χ3v) is 5.88. The molecule has 2 aromatic carbocycles. The van der Waals surface area contributed by atoms with Crippen LogP contribution >= 0.6 is 11.3 Å². The fraction of sp³-hybridized carbons (Fsp3) is 0.174. The van der Waals surface area contributed by atoms with Gasteiger partial charge < -0.3 is 20.1 Å². The van der Waals surface area contributed by atoms with Gasteiger partial charge in [0, 0.05) is 12.5 Å². The van der Waals surface area contributed by atoms with Gasteiger partial charge in [-0.1, -0.05) is 30.3 Å². The molecule has 4 rings (SSSR count). The van der Waals surface area contributed by atoms with Crippen molar-refractivity contribution in [2.24, 2.45) is 0 Å². The molecule has 36 heavy (non-hydrogen) atoms. The summed E-state index contributed by atoms with van der Waals surface area (Å²) < 4.78 is 36.7. The van der Waals surface area contributed by atoms with Crippen molar-refractivity contribution < 1.29 is 37.4 Å². The number of hydrogen-bond acceptors (Lipinski definition) is 8. The van der Waals surface area contributed by atoms with Crippen molar-refractivity contribution in [3.05, 3.63) is 76.7 Å². The topological polar surface area (TPSA) is 127 Å². The molecule has 2 heterocycles. The summed E-state index contributed by atoms with van der Waals surface area (Å²) in [5, 5.41) is 6.27. The van der Waals surface area contributed by atoms with Crippen LogP contribution in [0.25, 0.3) is 0 Å². The minimum Gasteiger partial charge on any atom is -0.437 e. The average Bonchev–Trinajstić information content (AvgIpc) is 3.40. The first-order valence-corrected chi connectivity index (χ1v) is 11.3. The Hall–Kier alpha value is -4.39. The Bertz CT molecular complexity index is 1300. The lowest BCUT2D eigenvalue weighted by atomic mass is 10.0. The molecule has 0 saturated carbocycles. The first-order chi connectivity index (χ1) is 17.2. The standard InChI is InChI=1S/C23H18F2N4O6S/c1-34-23(33)35-17-11-36-21(26-17)28-19(30)16(7-12-5-3-2-4-6-12)29-20(31)18(27-22(29)32)13-8-14(24)10-15(25)9-13/h2-6,8-11,16,18H,7H2,1H3,(H,27,32)(H,26,28,30)/t16-,18+/m0/s1. The summed E-state index contributed by atoms with van der Waals surface area (Å²) in [5.74, 6) is -3.57. The van der Waals surface area contributed by atoms with Gasteiger partial charge in [-0.3, -0.25) is 9.59 Å². The van der Waals surface area contributed by atoms with E-state index in [0.29, 0.717) is 11.6 Å². The molecule has 3 aromatic rings. The molecule has 1 aliphatic heterocycles. The lowest BCUT2D eigenvalue weighted by molar-refractivity contribution is -0.134. The first-order valence-electron chi connectivity index (χ1n) is 10.4. The van der Waals surface area contributed by atoms with E-state index in [1.165, 1.54) is 5.38 Å². The average molecular weight is 516 g/mol. The molecule has 0 bridgehead atoms. The third-order valence-electron chi connectivity index (χ3n) is 5.14. The zero-order valence-corrected chi connectivity index (χ0v) is 19.4. The summed E-state index contributed by atoms with van der Waals surface area (Å²) in [6.07, 6.45) is -1.05. The van der Waals surface area contributed by atoms with Gasteiger partial charge in [-0.05, 0) is 23.3 Å². The highest BCUT2D eigenvalue weighted by Gasteiger charge is 2.45. The van der Waals surface area contributed by atoms with Crippen LogP contribution in [0.5, 0.6) is 5.88 Å². The largest absolute Gasteiger partial charge is 0.514 e. The molecule has 2 atom stereocenters. The fourth-order valence-corrected chi connectivity index (χ4v) is 4.19. The zero-order chi connectivity index (χ0) is 25.8. The molecular formula is C23H18F2N4O6S. The summed E-state index contributed by atoms with van der Waals surface area (Å²) in [4.78, 5) is 55.2. The predicted octanol–water partition coefficient (Wildman–Crippen LogP) is 3.41. The summed E-state index contributed by atoms with van der Waals surface area (Å²) in [7, 11) is 1.12. The number of carbonyl (C=O) groups is 4. The van der Waals surface area contributed by atoms with Crippen LogP contribution in [0.1, 0.15) is 17.2 Å². The van der Waals surface area contributed by atoms with Crippen LogP contribution in [0.4, 0.5) is 23.5 Å². The van der Waals surface area contributed by atoms with Crippen LogP contribution in [0.2, 0.25) is 0 Å². The van der Waals surface area contributed by atoms with Gasteiger partial charge in [0.15, 0.2) is 5.13 Å². The lowest BCUT2D eigenvalue weighted by Crippen LogP contribution is -2.49. The maximum absolute atomic E-state index is 13.7. The number of halogens is 2. The van der Waals surface area contributed by atoms with Crippen molar-refractivity contribution in [2.45, 2.75) is 18.5 Å². The van der Waals surface area contributed by atoms with Gasteiger partial charge in [0.25, 0.3) is 5.91 Å². The second kappa shape index (κ2) is 10.5. The van der Waals surface area contributed by atoms with Crippen molar-refractivity contribution >= 4 is 40.5 Å². The number of rotatable bonds is 7. The molecule has 0 spiro atoms. The smallest absolute Gasteiger partial charge is 0.437 e. The monoisotopic (exact) mass is 516 g/mol. The number of nitrogens with zero attached hydrogens (tertiary/aromatic N) is 2. The van der Waals surface area contributed by atoms with E-state index in [2.05, 4.69) is 20.4 Å². The van der Waals surface area contributed by atoms with Crippen molar-refractivity contribution in [3.63, 3.8) is 0 Å². The Morgan fingerprint density at radius 2 is 1.86 bits per heavy atom. The Labute approximate surface area is 206 Å². The molecule has 10 nitrogen and oxygen atoms in total. The van der Waals surface area contributed by atoms with Gasteiger partial charge in [-0.2, -0.15) is 4.98 Å². The molecule has 0 aliphatic carbocycles. The molecule has 1 aromatic heterocycles. The van der Waals surface area contributed by atoms with E-state index in [-0.39, 0.29) is 23.0 Å². The molecular weight excluding hydrogens is 498 g/mol. The number of nitrogens with one attached hydrogen (secondary N) is 2. The van der Waals surface area contributed by atoms with Crippen LogP contribution in [-0.2, 0) is 20.7 Å². The number of benzene rings is 2. The summed E-state index contributed by atoms with van der Waals surface area (Å²) in [6.45, 7) is 0. The number of ether oxygens (including phenoxy) is 2. The minimum absolute atomic E-state index is 0.0350. The maximum atomic E-state index is 13.7. The van der Waals surface area contributed by atoms with E-state index in [0.717, 1.165) is 35.5 Å². The Balaban J connectivity index is 1.60. The Kier molecular flexibility index (Phi) is 7.20. The molecule has 1 saturated heterocycles. The summed E-state index contributed by atoms with van der Waals surface area (Å²) in [5.41, 5.74) is 0.545. The number of hydrogen-bond donors (Lipinski definition) is 2. The van der Waals surface area contributed by atoms with Crippen LogP contribution in [0, 0.1) is 11.6 Å². The summed E-state index contributed by atoms with van der Waals surface area (Å²) in [6, 6.07) is 7.52. The number of amides is 4. The number of aromatic nitrogens is 1. The number of imide groups is 1. The molecule has 0 unspecified atom stereocenters. The molecule has 1 aliphatic rings. The SMILES string of the molecule is COC(=O)Oc1csc(NC(=O)[C@H](Cc2ccccc2)N2C(=O)N[C@H](c3cc(F)cc(F)c3)C2=O)n1. The van der Waals surface area contributed by atoms with Gasteiger partial charge in [0.1, 0.15) is 23.7 Å². The van der Waals surface area contributed by atoms with Crippen molar-refractivity contribution in [1.29, 1.82) is 0 Å². The fourth-order valence-electron chi connectivity index (χ4n) is 3.57.